The Balaban J connectivity index is 1.34. The van der Waals surface area contributed by atoms with Gasteiger partial charge in [0.05, 0.1) is 18.7 Å². The zero-order valence-corrected chi connectivity index (χ0v) is 24.5. The maximum Gasteiger partial charge on any atom is 0.251 e. The number of piperidine rings is 1. The Labute approximate surface area is 237 Å². The number of benzene rings is 1. The van der Waals surface area contributed by atoms with E-state index in [1.807, 2.05) is 19.2 Å². The van der Waals surface area contributed by atoms with Crippen molar-refractivity contribution in [2.75, 3.05) is 51.8 Å². The number of hydrogen-bond donors (Lipinski definition) is 1. The van der Waals surface area contributed by atoms with E-state index in [1.54, 1.807) is 7.11 Å². The molecule has 0 unspecified atom stereocenters. The summed E-state index contributed by atoms with van der Waals surface area (Å²) in [5, 5.41) is 12.8. The standard InChI is InChI=1S/C31H41N7O2/c1-31(2,3)18-24-25(38-15-14-36(4)29-28(38)27(24)34-26(19-32)35-29)20-33-30(39)23-8-6-21(7-9-23)22-10-12-37(13-11-22)16-17-40-5/h6-9,22H,10-18,20H2,1-5H3,(H,33,39). The van der Waals surface area contributed by atoms with Crippen molar-refractivity contribution in [1.82, 2.24) is 24.8 Å². The summed E-state index contributed by atoms with van der Waals surface area (Å²) in [6.45, 7) is 12.5. The van der Waals surface area contributed by atoms with Gasteiger partial charge >= 0.3 is 0 Å². The fraction of sp³-hybridized carbons (Fsp3) is 0.548. The summed E-state index contributed by atoms with van der Waals surface area (Å²) in [5.74, 6) is 1.40. The lowest BCUT2D eigenvalue weighted by molar-refractivity contribution is 0.0950. The van der Waals surface area contributed by atoms with Gasteiger partial charge in [-0.1, -0.05) is 32.9 Å². The summed E-state index contributed by atoms with van der Waals surface area (Å²) in [6.07, 6.45) is 3.04. The van der Waals surface area contributed by atoms with E-state index >= 15 is 0 Å². The molecule has 9 nitrogen and oxygen atoms in total. The number of methoxy groups -OCH3 is 1. The van der Waals surface area contributed by atoms with Crippen LogP contribution in [0.2, 0.25) is 0 Å². The number of carbonyl (C=O) groups excluding carboxylic acids is 1. The summed E-state index contributed by atoms with van der Waals surface area (Å²) >= 11 is 0. The summed E-state index contributed by atoms with van der Waals surface area (Å²) in [7, 11) is 3.75. The van der Waals surface area contributed by atoms with Crippen molar-refractivity contribution in [1.29, 1.82) is 5.26 Å². The van der Waals surface area contributed by atoms with Crippen LogP contribution in [0.4, 0.5) is 5.82 Å². The van der Waals surface area contributed by atoms with Crippen molar-refractivity contribution in [2.45, 2.75) is 59.0 Å². The molecular weight excluding hydrogens is 502 g/mol. The van der Waals surface area contributed by atoms with Crippen molar-refractivity contribution in [3.8, 4) is 6.07 Å². The highest BCUT2D eigenvalue weighted by Gasteiger charge is 2.29. The lowest BCUT2D eigenvalue weighted by Gasteiger charge is -2.32. The number of nitrogens with one attached hydrogen (secondary N) is 1. The smallest absolute Gasteiger partial charge is 0.251 e. The van der Waals surface area contributed by atoms with E-state index < -0.39 is 0 Å². The number of carbonyl (C=O) groups is 1. The Morgan fingerprint density at radius 3 is 2.50 bits per heavy atom. The fourth-order valence-electron chi connectivity index (χ4n) is 6.06. The second-order valence-electron chi connectivity index (χ2n) is 12.3. The number of likely N-dealkylation sites (tertiary alicyclic amines) is 1. The molecule has 4 heterocycles. The molecule has 0 bridgehead atoms. The quantitative estimate of drug-likeness (QED) is 0.457. The van der Waals surface area contributed by atoms with Gasteiger partial charge in [0.25, 0.3) is 5.91 Å². The molecule has 1 saturated heterocycles. The third-order valence-electron chi connectivity index (χ3n) is 8.18. The van der Waals surface area contributed by atoms with Crippen LogP contribution in [0.25, 0.3) is 11.0 Å². The normalized spacial score (nSPS) is 16.4. The van der Waals surface area contributed by atoms with E-state index in [9.17, 15) is 10.1 Å². The Bertz CT molecular complexity index is 1410. The van der Waals surface area contributed by atoms with Gasteiger partial charge in [-0.2, -0.15) is 10.2 Å². The molecule has 5 rings (SSSR count). The monoisotopic (exact) mass is 543 g/mol. The Hall–Kier alpha value is -3.48. The topological polar surface area (TPSA) is 99.3 Å². The largest absolute Gasteiger partial charge is 0.383 e. The minimum Gasteiger partial charge on any atom is -0.383 e. The van der Waals surface area contributed by atoms with Gasteiger partial charge in [-0.3, -0.25) is 4.79 Å². The molecule has 0 atom stereocenters. The van der Waals surface area contributed by atoms with E-state index in [-0.39, 0.29) is 17.1 Å². The molecule has 2 aliphatic heterocycles. The van der Waals surface area contributed by atoms with Gasteiger partial charge in [0.15, 0.2) is 5.82 Å². The number of nitrogens with zero attached hydrogens (tertiary/aromatic N) is 6. The first kappa shape index (κ1) is 28.1. The summed E-state index contributed by atoms with van der Waals surface area (Å²) in [4.78, 5) is 27.0. The first-order valence-corrected chi connectivity index (χ1v) is 14.3. The number of rotatable bonds is 8. The average molecular weight is 544 g/mol. The molecule has 1 aromatic carbocycles. The van der Waals surface area contributed by atoms with Crippen molar-refractivity contribution >= 4 is 22.8 Å². The Kier molecular flexibility index (Phi) is 8.11. The number of amides is 1. The highest BCUT2D eigenvalue weighted by molar-refractivity contribution is 5.95. The van der Waals surface area contributed by atoms with Crippen LogP contribution in [-0.4, -0.2) is 72.3 Å². The molecule has 1 N–H and O–H groups in total. The van der Waals surface area contributed by atoms with E-state index in [0.29, 0.717) is 18.0 Å². The van der Waals surface area contributed by atoms with Crippen LogP contribution < -0.4 is 10.2 Å². The van der Waals surface area contributed by atoms with Gasteiger partial charge in [0.1, 0.15) is 11.6 Å². The van der Waals surface area contributed by atoms with Gasteiger partial charge in [-0.25, -0.2) is 4.98 Å². The zero-order chi connectivity index (χ0) is 28.4. The number of aromatic nitrogens is 3. The minimum atomic E-state index is -0.0855. The fourth-order valence-corrected chi connectivity index (χ4v) is 6.06. The van der Waals surface area contributed by atoms with Crippen molar-refractivity contribution in [2.24, 2.45) is 5.41 Å². The van der Waals surface area contributed by atoms with Crippen LogP contribution in [0.3, 0.4) is 0 Å². The van der Waals surface area contributed by atoms with Crippen molar-refractivity contribution < 1.29 is 9.53 Å². The molecule has 1 fully saturated rings. The molecule has 0 saturated carbocycles. The van der Waals surface area contributed by atoms with Crippen LogP contribution in [0, 0.1) is 16.7 Å². The Morgan fingerprint density at radius 2 is 1.85 bits per heavy atom. The first-order valence-electron chi connectivity index (χ1n) is 14.3. The predicted molar refractivity (Wildman–Crippen MR) is 157 cm³/mol. The van der Waals surface area contributed by atoms with Gasteiger partial charge in [-0.15, -0.1) is 0 Å². The summed E-state index contributed by atoms with van der Waals surface area (Å²) in [6, 6.07) is 10.3. The maximum atomic E-state index is 13.3. The number of hydrogen-bond acceptors (Lipinski definition) is 7. The van der Waals surface area contributed by atoms with E-state index in [0.717, 1.165) is 86.7 Å². The van der Waals surface area contributed by atoms with Crippen molar-refractivity contribution in [3.05, 3.63) is 52.5 Å². The van der Waals surface area contributed by atoms with Gasteiger partial charge in [-0.05, 0) is 61.4 Å². The van der Waals surface area contributed by atoms with Gasteiger partial charge in [0.2, 0.25) is 5.82 Å². The molecule has 212 valence electrons. The highest BCUT2D eigenvalue weighted by atomic mass is 16.5. The summed E-state index contributed by atoms with van der Waals surface area (Å²) < 4.78 is 7.46. The summed E-state index contributed by atoms with van der Waals surface area (Å²) in [5.41, 5.74) is 5.89. The third kappa shape index (κ3) is 5.84. The number of nitriles is 1. The number of anilines is 1. The Morgan fingerprint density at radius 1 is 1.12 bits per heavy atom. The van der Waals surface area contributed by atoms with Gasteiger partial charge in [0, 0.05) is 50.6 Å². The van der Waals surface area contributed by atoms with E-state index in [4.69, 9.17) is 4.74 Å². The van der Waals surface area contributed by atoms with Gasteiger partial charge < -0.3 is 24.4 Å². The molecule has 2 aromatic heterocycles. The second-order valence-corrected chi connectivity index (χ2v) is 12.3. The number of likely N-dealkylation sites (N-methyl/N-ethyl adjacent to an activating group) is 1. The zero-order valence-electron chi connectivity index (χ0n) is 24.5. The van der Waals surface area contributed by atoms with Crippen LogP contribution >= 0.6 is 0 Å². The molecule has 0 aliphatic carbocycles. The first-order chi connectivity index (χ1) is 19.2. The molecule has 1 amide bonds. The van der Waals surface area contributed by atoms with E-state index in [2.05, 4.69) is 68.6 Å². The van der Waals surface area contributed by atoms with E-state index in [1.165, 1.54) is 5.56 Å². The molecule has 3 aromatic rings. The SMILES string of the molecule is COCCN1CCC(c2ccc(C(=O)NCc3c(CC(C)(C)C)c4nc(C#N)nc5c4n3CCN5C)cc2)CC1. The minimum absolute atomic E-state index is 0.00546. The third-order valence-corrected chi connectivity index (χ3v) is 8.18. The van der Waals surface area contributed by atoms with Crippen molar-refractivity contribution in [3.63, 3.8) is 0 Å². The van der Waals surface area contributed by atoms with Crippen LogP contribution in [0.5, 0.6) is 0 Å². The predicted octanol–water partition coefficient (Wildman–Crippen LogP) is 4.10. The highest BCUT2D eigenvalue weighted by Crippen LogP contribution is 2.37. The molecule has 0 radical (unpaired) electrons. The van der Waals surface area contributed by atoms with Crippen LogP contribution in [-0.2, 0) is 24.2 Å². The second kappa shape index (κ2) is 11.6. The number of ether oxygens (including phenoxy) is 1. The van der Waals surface area contributed by atoms with Crippen LogP contribution in [0.15, 0.2) is 24.3 Å². The molecule has 40 heavy (non-hydrogen) atoms. The average Bonchev–Trinajstić information content (AvgIpc) is 3.23. The van der Waals surface area contributed by atoms with Crippen LogP contribution in [0.1, 0.15) is 72.5 Å². The maximum absolute atomic E-state index is 13.3. The lowest BCUT2D eigenvalue weighted by atomic mass is 9.87. The lowest BCUT2D eigenvalue weighted by Crippen LogP contribution is -2.35. The molecule has 0 spiro atoms. The molecule has 2 aliphatic rings. The molecular formula is C31H41N7O2. The molecule has 9 heteroatoms.